The van der Waals surface area contributed by atoms with Crippen molar-refractivity contribution in [3.05, 3.63) is 16.3 Å². The topological polar surface area (TPSA) is 73.1 Å². The molecule has 1 unspecified atom stereocenters. The predicted octanol–water partition coefficient (Wildman–Crippen LogP) is 2.95. The molecule has 3 N–H and O–H groups in total. The van der Waals surface area contributed by atoms with Crippen LogP contribution in [0, 0.1) is 0 Å². The van der Waals surface area contributed by atoms with Gasteiger partial charge >= 0.3 is 0 Å². The van der Waals surface area contributed by atoms with Gasteiger partial charge in [0.25, 0.3) is 0 Å². The van der Waals surface area contributed by atoms with E-state index in [2.05, 4.69) is 17.3 Å². The molecule has 0 amide bonds. The number of fused-ring (bicyclic) bond motifs is 3. The Morgan fingerprint density at radius 1 is 1.40 bits per heavy atom. The molecule has 108 valence electrons. The first-order valence-electron chi connectivity index (χ1n) is 7.10. The van der Waals surface area contributed by atoms with E-state index in [0.717, 1.165) is 47.5 Å². The Labute approximate surface area is 122 Å². The van der Waals surface area contributed by atoms with Gasteiger partial charge in [0.2, 0.25) is 0 Å². The Balaban J connectivity index is 2.13. The highest BCUT2D eigenvalue weighted by atomic mass is 32.1. The molecule has 0 radical (unpaired) electrons. The van der Waals surface area contributed by atoms with Crippen molar-refractivity contribution in [3.63, 3.8) is 0 Å². The number of nitrogens with two attached hydrogens (primary N) is 1. The lowest BCUT2D eigenvalue weighted by Crippen LogP contribution is -2.13. The molecule has 5 nitrogen and oxygen atoms in total. The van der Waals surface area contributed by atoms with Gasteiger partial charge in [-0.25, -0.2) is 15.8 Å². The fraction of sp³-hybridized carbons (Fsp3) is 0.571. The zero-order valence-electron chi connectivity index (χ0n) is 11.9. The second-order valence-corrected chi connectivity index (χ2v) is 6.21. The molecule has 1 atom stereocenters. The number of hydrogen-bond acceptors (Lipinski definition) is 6. The first-order valence-corrected chi connectivity index (χ1v) is 7.91. The number of nitrogens with one attached hydrogen (secondary N) is 1. The van der Waals surface area contributed by atoms with Gasteiger partial charge in [-0.15, -0.1) is 11.3 Å². The van der Waals surface area contributed by atoms with Crippen LogP contribution in [-0.2, 0) is 17.6 Å². The van der Waals surface area contributed by atoms with Crippen LogP contribution in [0.4, 0.5) is 5.82 Å². The molecule has 0 spiro atoms. The molecule has 3 rings (SSSR count). The van der Waals surface area contributed by atoms with Gasteiger partial charge in [0, 0.05) is 12.0 Å². The molecule has 20 heavy (non-hydrogen) atoms. The van der Waals surface area contributed by atoms with Crippen molar-refractivity contribution in [3.8, 4) is 0 Å². The number of thiophene rings is 1. The van der Waals surface area contributed by atoms with Crippen molar-refractivity contribution >= 4 is 27.4 Å². The average Bonchev–Trinajstić information content (AvgIpc) is 3.03. The maximum Gasteiger partial charge on any atom is 0.161 e. The van der Waals surface area contributed by atoms with Crippen molar-refractivity contribution in [1.29, 1.82) is 0 Å². The number of hydrogen-bond donors (Lipinski definition) is 2. The summed E-state index contributed by atoms with van der Waals surface area (Å²) in [6.45, 7) is 2.13. The van der Waals surface area contributed by atoms with Crippen LogP contribution < -0.4 is 11.3 Å². The van der Waals surface area contributed by atoms with E-state index in [1.807, 2.05) is 0 Å². The number of rotatable bonds is 5. The first kappa shape index (κ1) is 13.7. The smallest absolute Gasteiger partial charge is 0.161 e. The molecule has 0 aliphatic heterocycles. The van der Waals surface area contributed by atoms with Crippen molar-refractivity contribution in [1.82, 2.24) is 9.97 Å². The number of methoxy groups -OCH3 is 1. The lowest BCUT2D eigenvalue weighted by atomic mass is 10.1. The SMILES string of the molecule is CCCC(OC)c1nc(NN)c2c3c(sc2n1)CCC3. The minimum absolute atomic E-state index is 0.0616. The number of aromatic nitrogens is 2. The number of nitrogens with zero attached hydrogens (tertiary/aromatic N) is 2. The summed E-state index contributed by atoms with van der Waals surface area (Å²) in [6.07, 6.45) is 5.37. The fourth-order valence-corrected chi connectivity index (χ4v) is 4.14. The third-order valence-electron chi connectivity index (χ3n) is 3.84. The summed E-state index contributed by atoms with van der Waals surface area (Å²) in [6, 6.07) is 0. The zero-order chi connectivity index (χ0) is 14.1. The standard InChI is InChI=1S/C14H20N4OS/c1-3-5-9(19-2)12-16-13(18-15)11-8-6-4-7-10(8)20-14(11)17-12/h9H,3-7,15H2,1-2H3,(H,16,17,18). The van der Waals surface area contributed by atoms with E-state index >= 15 is 0 Å². The van der Waals surface area contributed by atoms with E-state index in [0.29, 0.717) is 0 Å². The molecule has 0 fully saturated rings. The molecule has 0 bridgehead atoms. The van der Waals surface area contributed by atoms with Crippen molar-refractivity contribution < 1.29 is 4.74 Å². The molecular formula is C14H20N4OS. The Hall–Kier alpha value is -1.24. The first-order chi connectivity index (χ1) is 9.78. The normalized spacial score (nSPS) is 15.6. The van der Waals surface area contributed by atoms with Crippen LogP contribution in [0.25, 0.3) is 10.2 Å². The van der Waals surface area contributed by atoms with Crippen LogP contribution in [0.2, 0.25) is 0 Å². The quantitative estimate of drug-likeness (QED) is 0.655. The van der Waals surface area contributed by atoms with Gasteiger partial charge in [-0.05, 0) is 31.2 Å². The zero-order valence-corrected chi connectivity index (χ0v) is 12.7. The Morgan fingerprint density at radius 2 is 2.25 bits per heavy atom. The van der Waals surface area contributed by atoms with Crippen LogP contribution >= 0.6 is 11.3 Å². The highest BCUT2D eigenvalue weighted by Gasteiger charge is 2.24. The van der Waals surface area contributed by atoms with E-state index < -0.39 is 0 Å². The average molecular weight is 292 g/mol. The fourth-order valence-electron chi connectivity index (χ4n) is 2.88. The summed E-state index contributed by atoms with van der Waals surface area (Å²) in [5, 5.41) is 1.11. The monoisotopic (exact) mass is 292 g/mol. The van der Waals surface area contributed by atoms with Gasteiger partial charge in [-0.2, -0.15) is 0 Å². The van der Waals surface area contributed by atoms with Crippen molar-refractivity contribution in [2.24, 2.45) is 5.84 Å². The summed E-state index contributed by atoms with van der Waals surface area (Å²) in [7, 11) is 1.71. The number of aryl methyl sites for hydroxylation is 2. The molecule has 0 saturated heterocycles. The van der Waals surface area contributed by atoms with Gasteiger partial charge in [0.1, 0.15) is 10.9 Å². The Bertz CT molecular complexity index is 625. The number of ether oxygens (including phenoxy) is 1. The maximum atomic E-state index is 5.68. The molecule has 2 aromatic rings. The van der Waals surface area contributed by atoms with Crippen molar-refractivity contribution in [2.45, 2.75) is 45.1 Å². The second kappa shape index (κ2) is 5.63. The van der Waals surface area contributed by atoms with E-state index in [-0.39, 0.29) is 6.10 Å². The van der Waals surface area contributed by atoms with Gasteiger partial charge in [-0.3, -0.25) is 0 Å². The van der Waals surface area contributed by atoms with Crippen LogP contribution in [0.1, 0.15) is 48.6 Å². The third-order valence-corrected chi connectivity index (χ3v) is 5.03. The Morgan fingerprint density at radius 3 is 2.95 bits per heavy atom. The minimum Gasteiger partial charge on any atom is -0.373 e. The van der Waals surface area contributed by atoms with Crippen LogP contribution in [0.5, 0.6) is 0 Å². The second-order valence-electron chi connectivity index (χ2n) is 5.13. The Kier molecular flexibility index (Phi) is 3.87. The van der Waals surface area contributed by atoms with Gasteiger partial charge in [0.05, 0.1) is 5.39 Å². The summed E-state index contributed by atoms with van der Waals surface area (Å²) in [5.41, 5.74) is 4.13. The van der Waals surface area contributed by atoms with Crippen LogP contribution in [0.3, 0.4) is 0 Å². The van der Waals surface area contributed by atoms with E-state index in [1.54, 1.807) is 18.4 Å². The molecular weight excluding hydrogens is 272 g/mol. The van der Waals surface area contributed by atoms with E-state index in [4.69, 9.17) is 15.6 Å². The largest absolute Gasteiger partial charge is 0.373 e. The van der Waals surface area contributed by atoms with E-state index in [9.17, 15) is 0 Å². The minimum atomic E-state index is -0.0616. The molecule has 0 saturated carbocycles. The summed E-state index contributed by atoms with van der Waals surface area (Å²) in [5.74, 6) is 7.15. The van der Waals surface area contributed by atoms with Gasteiger partial charge in [0.15, 0.2) is 11.6 Å². The maximum absolute atomic E-state index is 5.68. The lowest BCUT2D eigenvalue weighted by molar-refractivity contribution is 0.0881. The highest BCUT2D eigenvalue weighted by molar-refractivity contribution is 7.19. The number of nitrogen functional groups attached to an aromatic ring is 1. The molecule has 2 aromatic heterocycles. The van der Waals surface area contributed by atoms with Gasteiger partial charge < -0.3 is 10.2 Å². The summed E-state index contributed by atoms with van der Waals surface area (Å²) in [4.78, 5) is 11.8. The third kappa shape index (κ3) is 2.17. The predicted molar refractivity (Wildman–Crippen MR) is 81.9 cm³/mol. The molecule has 1 aliphatic rings. The molecule has 1 aliphatic carbocycles. The number of hydrazine groups is 1. The summed E-state index contributed by atoms with van der Waals surface area (Å²) >= 11 is 1.77. The molecule has 0 aromatic carbocycles. The van der Waals surface area contributed by atoms with E-state index in [1.165, 1.54) is 16.9 Å². The number of anilines is 1. The summed E-state index contributed by atoms with van der Waals surface area (Å²) < 4.78 is 5.51. The molecule has 2 heterocycles. The van der Waals surface area contributed by atoms with Gasteiger partial charge in [-0.1, -0.05) is 13.3 Å². The van der Waals surface area contributed by atoms with Crippen LogP contribution in [-0.4, -0.2) is 17.1 Å². The van der Waals surface area contributed by atoms with Crippen molar-refractivity contribution in [2.75, 3.05) is 12.5 Å². The highest BCUT2D eigenvalue weighted by Crippen LogP contribution is 2.40. The molecule has 6 heteroatoms. The van der Waals surface area contributed by atoms with Crippen LogP contribution in [0.15, 0.2) is 0 Å². The lowest BCUT2D eigenvalue weighted by Gasteiger charge is -2.14.